The predicted octanol–water partition coefficient (Wildman–Crippen LogP) is 6.00. The standard InChI is InChI=1S/C21H29N5S2.C3H8/c1-15(24-17-6-4-5-7-19(17)28-25(2)3)20-14-26(12-13-27-20)18-9-11-23-21-16(18)8-10-22-21;1-3-2/h8-11,14,17,19,24H,1,4-7,12-13H2,2-3H3,(H,22,23);3H2,1-2H3. The van der Waals surface area contributed by atoms with Crippen LogP contribution in [-0.2, 0) is 0 Å². The van der Waals surface area contributed by atoms with E-state index in [-0.39, 0.29) is 0 Å². The van der Waals surface area contributed by atoms with Crippen molar-refractivity contribution < 1.29 is 0 Å². The van der Waals surface area contributed by atoms with E-state index in [2.05, 4.69) is 77.3 Å². The van der Waals surface area contributed by atoms with E-state index in [0.29, 0.717) is 11.3 Å². The van der Waals surface area contributed by atoms with Crippen LogP contribution in [0, 0.1) is 0 Å². The lowest BCUT2D eigenvalue weighted by Crippen LogP contribution is -2.41. The summed E-state index contributed by atoms with van der Waals surface area (Å²) >= 11 is 3.85. The lowest BCUT2D eigenvalue weighted by Gasteiger charge is -2.35. The summed E-state index contributed by atoms with van der Waals surface area (Å²) in [5, 5.41) is 5.55. The molecule has 5 nitrogen and oxygen atoms in total. The molecule has 2 aliphatic rings. The molecule has 2 aromatic rings. The zero-order valence-corrected chi connectivity index (χ0v) is 21.0. The van der Waals surface area contributed by atoms with Crippen molar-refractivity contribution in [2.75, 3.05) is 31.3 Å². The van der Waals surface area contributed by atoms with E-state index in [1.165, 1.54) is 48.1 Å². The van der Waals surface area contributed by atoms with Gasteiger partial charge in [0.05, 0.1) is 5.69 Å². The maximum absolute atomic E-state index is 4.42. The molecule has 2 atom stereocenters. The zero-order valence-electron chi connectivity index (χ0n) is 19.4. The maximum Gasteiger partial charge on any atom is 0.139 e. The first kappa shape index (κ1) is 24.1. The number of hydrogen-bond donors (Lipinski definition) is 2. The third-order valence-corrected chi connectivity index (χ3v) is 7.62. The molecule has 2 unspecified atom stereocenters. The van der Waals surface area contributed by atoms with Crippen LogP contribution in [0.5, 0.6) is 0 Å². The largest absolute Gasteiger partial charge is 0.381 e. The number of fused-ring (bicyclic) bond motifs is 1. The number of aromatic amines is 1. The van der Waals surface area contributed by atoms with Gasteiger partial charge in [-0.15, -0.1) is 11.8 Å². The Kier molecular flexibility index (Phi) is 9.23. The lowest BCUT2D eigenvalue weighted by molar-refractivity contribution is 0.406. The van der Waals surface area contributed by atoms with Crippen LogP contribution in [0.15, 0.2) is 47.9 Å². The first-order chi connectivity index (χ1) is 15.0. The second kappa shape index (κ2) is 11.9. The Morgan fingerprint density at radius 1 is 1.32 bits per heavy atom. The first-order valence-corrected chi connectivity index (χ1v) is 13.2. The molecule has 170 valence electrons. The Labute approximate surface area is 196 Å². The van der Waals surface area contributed by atoms with Crippen LogP contribution in [0.2, 0.25) is 0 Å². The highest BCUT2D eigenvalue weighted by Crippen LogP contribution is 2.35. The van der Waals surface area contributed by atoms with Gasteiger partial charge in [0.1, 0.15) is 5.65 Å². The second-order valence-electron chi connectivity index (χ2n) is 8.28. The number of H-pyrrole nitrogens is 1. The molecular weight excluding hydrogens is 422 g/mol. The highest BCUT2D eigenvalue weighted by atomic mass is 32.2. The molecule has 0 amide bonds. The van der Waals surface area contributed by atoms with Gasteiger partial charge in [0.15, 0.2) is 0 Å². The smallest absolute Gasteiger partial charge is 0.139 e. The molecule has 2 N–H and O–H groups in total. The first-order valence-electron chi connectivity index (χ1n) is 11.4. The van der Waals surface area contributed by atoms with Gasteiger partial charge in [0.25, 0.3) is 0 Å². The van der Waals surface area contributed by atoms with Gasteiger partial charge < -0.3 is 15.2 Å². The van der Waals surface area contributed by atoms with E-state index in [1.807, 2.05) is 36.1 Å². The van der Waals surface area contributed by atoms with Crippen molar-refractivity contribution in [2.45, 2.75) is 57.2 Å². The molecule has 0 aromatic carbocycles. The fourth-order valence-corrected chi connectivity index (χ4v) is 6.11. The summed E-state index contributed by atoms with van der Waals surface area (Å²) in [5.74, 6) is 1.06. The molecule has 0 saturated heterocycles. The van der Waals surface area contributed by atoms with Crippen molar-refractivity contribution >= 4 is 40.4 Å². The van der Waals surface area contributed by atoms with Gasteiger partial charge in [-0.05, 0) is 39.1 Å². The summed E-state index contributed by atoms with van der Waals surface area (Å²) in [4.78, 5) is 11.2. The van der Waals surface area contributed by atoms with Gasteiger partial charge in [0.2, 0.25) is 0 Å². The van der Waals surface area contributed by atoms with E-state index in [4.69, 9.17) is 0 Å². The minimum Gasteiger partial charge on any atom is -0.381 e. The topological polar surface area (TPSA) is 47.2 Å². The van der Waals surface area contributed by atoms with E-state index < -0.39 is 0 Å². The van der Waals surface area contributed by atoms with Crippen LogP contribution in [0.3, 0.4) is 0 Å². The second-order valence-corrected chi connectivity index (χ2v) is 11.0. The lowest BCUT2D eigenvalue weighted by atomic mass is 9.94. The minimum atomic E-state index is 0.489. The van der Waals surface area contributed by atoms with Crippen LogP contribution < -0.4 is 10.2 Å². The molecule has 0 spiro atoms. The number of aromatic nitrogens is 2. The molecule has 3 heterocycles. The summed E-state index contributed by atoms with van der Waals surface area (Å²) in [6, 6.07) is 4.69. The minimum absolute atomic E-state index is 0.489. The molecule has 4 rings (SSSR count). The Bertz CT molecular complexity index is 876. The van der Waals surface area contributed by atoms with Gasteiger partial charge in [-0.25, -0.2) is 4.98 Å². The van der Waals surface area contributed by atoms with Gasteiger partial charge in [0, 0.05) is 58.2 Å². The number of rotatable bonds is 6. The van der Waals surface area contributed by atoms with E-state index in [9.17, 15) is 0 Å². The number of nitrogens with one attached hydrogen (secondary N) is 2. The molecule has 1 fully saturated rings. The monoisotopic (exact) mass is 459 g/mol. The predicted molar refractivity (Wildman–Crippen MR) is 140 cm³/mol. The average molecular weight is 460 g/mol. The molecule has 31 heavy (non-hydrogen) atoms. The fourth-order valence-electron chi connectivity index (χ4n) is 4.00. The van der Waals surface area contributed by atoms with Crippen LogP contribution >= 0.6 is 23.7 Å². The van der Waals surface area contributed by atoms with Crippen molar-refractivity contribution in [2.24, 2.45) is 0 Å². The number of hydrogen-bond acceptors (Lipinski definition) is 6. The average Bonchev–Trinajstić information content (AvgIpc) is 3.24. The number of anilines is 1. The van der Waals surface area contributed by atoms with Crippen molar-refractivity contribution in [3.05, 3.63) is 47.9 Å². The van der Waals surface area contributed by atoms with Crippen LogP contribution in [-0.4, -0.2) is 52.0 Å². The van der Waals surface area contributed by atoms with Crippen LogP contribution in [0.1, 0.15) is 46.0 Å². The van der Waals surface area contributed by atoms with Crippen LogP contribution in [0.25, 0.3) is 11.0 Å². The van der Waals surface area contributed by atoms with Crippen molar-refractivity contribution in [3.63, 3.8) is 0 Å². The Morgan fingerprint density at radius 2 is 2.10 bits per heavy atom. The molecule has 1 saturated carbocycles. The summed E-state index contributed by atoms with van der Waals surface area (Å²) < 4.78 is 2.23. The highest BCUT2D eigenvalue weighted by molar-refractivity contribution is 8.03. The molecule has 7 heteroatoms. The number of nitrogens with zero attached hydrogens (tertiary/aromatic N) is 3. The summed E-state index contributed by atoms with van der Waals surface area (Å²) in [6.07, 6.45) is 12.5. The molecule has 0 radical (unpaired) electrons. The normalized spacial score (nSPS) is 21.5. The molecule has 1 aliphatic carbocycles. The quantitative estimate of drug-likeness (QED) is 0.517. The van der Waals surface area contributed by atoms with E-state index in [0.717, 1.165) is 23.6 Å². The summed E-state index contributed by atoms with van der Waals surface area (Å²) in [6.45, 7) is 9.64. The fraction of sp³-hybridized carbons (Fsp3) is 0.542. The number of pyridine rings is 1. The van der Waals surface area contributed by atoms with Gasteiger partial charge in [-0.1, -0.05) is 51.6 Å². The molecule has 1 aliphatic heterocycles. The Morgan fingerprint density at radius 3 is 2.87 bits per heavy atom. The molecule has 2 aromatic heterocycles. The molecule has 0 bridgehead atoms. The molecular formula is C24H37N5S2. The third-order valence-electron chi connectivity index (χ3n) is 5.32. The van der Waals surface area contributed by atoms with Gasteiger partial charge in [-0.3, -0.25) is 4.31 Å². The number of thioether (sulfide) groups is 1. The summed E-state index contributed by atoms with van der Waals surface area (Å²) in [7, 11) is 4.28. The maximum atomic E-state index is 4.42. The third kappa shape index (κ3) is 6.46. The van der Waals surface area contributed by atoms with Crippen LogP contribution in [0.4, 0.5) is 5.69 Å². The van der Waals surface area contributed by atoms with Crippen molar-refractivity contribution in [1.29, 1.82) is 0 Å². The van der Waals surface area contributed by atoms with Crippen molar-refractivity contribution in [1.82, 2.24) is 19.6 Å². The zero-order chi connectivity index (χ0) is 22.2. The van der Waals surface area contributed by atoms with E-state index >= 15 is 0 Å². The van der Waals surface area contributed by atoms with E-state index in [1.54, 1.807) is 0 Å². The Hall–Kier alpha value is -1.57. The SMILES string of the molecule is C=C(NC1CCCCC1SN(C)C)C1=CN(c2ccnc3[nH]ccc23)CCS1.CCC. The van der Waals surface area contributed by atoms with Crippen molar-refractivity contribution in [3.8, 4) is 0 Å². The van der Waals surface area contributed by atoms with Gasteiger partial charge in [-0.2, -0.15) is 0 Å². The summed E-state index contributed by atoms with van der Waals surface area (Å²) in [5.41, 5.74) is 3.20. The highest BCUT2D eigenvalue weighted by Gasteiger charge is 2.27. The van der Waals surface area contributed by atoms with Gasteiger partial charge >= 0.3 is 0 Å². The Balaban J connectivity index is 0.000000858.